The molecule has 0 saturated carbocycles. The van der Waals surface area contributed by atoms with Gasteiger partial charge in [0.05, 0.1) is 16.8 Å². The van der Waals surface area contributed by atoms with Crippen molar-refractivity contribution in [1.29, 1.82) is 0 Å². The Morgan fingerprint density at radius 3 is 2.00 bits per heavy atom. The van der Waals surface area contributed by atoms with Crippen LogP contribution in [0.1, 0.15) is 26.3 Å². The van der Waals surface area contributed by atoms with Crippen molar-refractivity contribution >= 4 is 17.6 Å². The van der Waals surface area contributed by atoms with Gasteiger partial charge >= 0.3 is 12.1 Å². The van der Waals surface area contributed by atoms with Gasteiger partial charge in [-0.2, -0.15) is 13.2 Å². The second-order valence-corrected chi connectivity index (χ2v) is 4.57. The SMILES string of the molecule is O=C(O)c1ccc(NC(=O)c2ccc(C(F)(F)F)cc2)c(O)c1. The highest BCUT2D eigenvalue weighted by molar-refractivity contribution is 6.05. The summed E-state index contributed by atoms with van der Waals surface area (Å²) in [5, 5.41) is 20.7. The minimum absolute atomic E-state index is 0.0419. The fourth-order valence-electron chi connectivity index (χ4n) is 1.78. The highest BCUT2D eigenvalue weighted by atomic mass is 19.4. The third-order valence-electron chi connectivity index (χ3n) is 2.97. The Morgan fingerprint density at radius 1 is 0.957 bits per heavy atom. The maximum atomic E-state index is 12.4. The molecule has 0 spiro atoms. The van der Waals surface area contributed by atoms with E-state index >= 15 is 0 Å². The Kier molecular flexibility index (Phi) is 4.26. The van der Waals surface area contributed by atoms with E-state index in [0.717, 1.165) is 30.3 Å². The molecule has 0 saturated heterocycles. The van der Waals surface area contributed by atoms with Gasteiger partial charge in [-0.1, -0.05) is 0 Å². The number of rotatable bonds is 3. The molecule has 1 amide bonds. The molecule has 2 rings (SSSR count). The fourth-order valence-corrected chi connectivity index (χ4v) is 1.78. The van der Waals surface area contributed by atoms with Crippen LogP contribution in [0.15, 0.2) is 42.5 Å². The van der Waals surface area contributed by atoms with Crippen molar-refractivity contribution in [2.45, 2.75) is 6.18 Å². The monoisotopic (exact) mass is 325 g/mol. The van der Waals surface area contributed by atoms with Crippen LogP contribution in [0, 0.1) is 0 Å². The summed E-state index contributed by atoms with van der Waals surface area (Å²) in [6.07, 6.45) is -4.50. The number of hydrogen-bond donors (Lipinski definition) is 3. The van der Waals surface area contributed by atoms with Crippen molar-refractivity contribution in [1.82, 2.24) is 0 Å². The largest absolute Gasteiger partial charge is 0.506 e. The lowest BCUT2D eigenvalue weighted by atomic mass is 10.1. The van der Waals surface area contributed by atoms with Crippen LogP contribution in [-0.2, 0) is 6.18 Å². The van der Waals surface area contributed by atoms with Gasteiger partial charge in [0, 0.05) is 5.56 Å². The van der Waals surface area contributed by atoms with Crippen molar-refractivity contribution in [2.75, 3.05) is 5.32 Å². The van der Waals surface area contributed by atoms with Gasteiger partial charge in [-0.15, -0.1) is 0 Å². The van der Waals surface area contributed by atoms with Crippen LogP contribution < -0.4 is 5.32 Å². The summed E-state index contributed by atoms with van der Waals surface area (Å²) in [6, 6.07) is 6.84. The molecule has 5 nitrogen and oxygen atoms in total. The molecule has 2 aromatic rings. The van der Waals surface area contributed by atoms with Crippen molar-refractivity contribution in [2.24, 2.45) is 0 Å². The normalized spacial score (nSPS) is 11.1. The molecule has 0 bridgehead atoms. The Hall–Kier alpha value is -3.03. The Bertz CT molecular complexity index is 754. The molecule has 8 heteroatoms. The summed E-state index contributed by atoms with van der Waals surface area (Å²) in [4.78, 5) is 22.7. The highest BCUT2D eigenvalue weighted by Gasteiger charge is 2.30. The number of carboxylic acid groups (broad SMARTS) is 1. The Morgan fingerprint density at radius 2 is 1.52 bits per heavy atom. The summed E-state index contributed by atoms with van der Waals surface area (Å²) < 4.78 is 37.3. The van der Waals surface area contributed by atoms with Crippen LogP contribution in [0.4, 0.5) is 18.9 Å². The van der Waals surface area contributed by atoms with Crippen LogP contribution in [0.25, 0.3) is 0 Å². The second kappa shape index (κ2) is 5.99. The molecule has 3 N–H and O–H groups in total. The van der Waals surface area contributed by atoms with E-state index in [1.165, 1.54) is 12.1 Å². The number of aromatic hydroxyl groups is 1. The van der Waals surface area contributed by atoms with Crippen LogP contribution in [0.2, 0.25) is 0 Å². The lowest BCUT2D eigenvalue weighted by Crippen LogP contribution is -2.13. The topological polar surface area (TPSA) is 86.6 Å². The second-order valence-electron chi connectivity index (χ2n) is 4.57. The summed E-state index contributed by atoms with van der Waals surface area (Å²) >= 11 is 0. The molecule has 0 heterocycles. The van der Waals surface area contributed by atoms with E-state index in [1.807, 2.05) is 0 Å². The van der Waals surface area contributed by atoms with E-state index < -0.39 is 29.4 Å². The van der Waals surface area contributed by atoms with E-state index in [4.69, 9.17) is 5.11 Å². The number of hydrogen-bond acceptors (Lipinski definition) is 3. The molecular formula is C15H10F3NO4. The van der Waals surface area contributed by atoms with Gasteiger partial charge in [0.2, 0.25) is 0 Å². The zero-order valence-electron chi connectivity index (χ0n) is 11.4. The molecule has 120 valence electrons. The molecule has 0 aliphatic carbocycles. The number of aromatic carboxylic acids is 1. The van der Waals surface area contributed by atoms with Gasteiger partial charge in [0.25, 0.3) is 5.91 Å². The maximum Gasteiger partial charge on any atom is 0.416 e. The average Bonchev–Trinajstić information content (AvgIpc) is 2.48. The smallest absolute Gasteiger partial charge is 0.416 e. The third kappa shape index (κ3) is 3.79. The summed E-state index contributed by atoms with van der Waals surface area (Å²) in [7, 11) is 0. The molecule has 0 radical (unpaired) electrons. The predicted molar refractivity (Wildman–Crippen MR) is 74.5 cm³/mol. The molecule has 0 aliphatic rings. The minimum Gasteiger partial charge on any atom is -0.506 e. The molecule has 0 atom stereocenters. The number of carbonyl (C=O) groups excluding carboxylic acids is 1. The third-order valence-corrected chi connectivity index (χ3v) is 2.97. The lowest BCUT2D eigenvalue weighted by Gasteiger charge is -2.09. The van der Waals surface area contributed by atoms with Gasteiger partial charge in [0.15, 0.2) is 0 Å². The van der Waals surface area contributed by atoms with E-state index in [-0.39, 0.29) is 16.8 Å². The van der Waals surface area contributed by atoms with Gasteiger partial charge < -0.3 is 15.5 Å². The first-order chi connectivity index (χ1) is 10.7. The number of carbonyl (C=O) groups is 2. The maximum absolute atomic E-state index is 12.4. The van der Waals surface area contributed by atoms with Gasteiger partial charge in [-0.25, -0.2) is 4.79 Å². The zero-order chi connectivity index (χ0) is 17.2. The zero-order valence-corrected chi connectivity index (χ0v) is 11.4. The van der Waals surface area contributed by atoms with Crippen LogP contribution >= 0.6 is 0 Å². The fraction of sp³-hybridized carbons (Fsp3) is 0.0667. The number of phenolic OH excluding ortho intramolecular Hbond substituents is 1. The van der Waals surface area contributed by atoms with E-state index in [2.05, 4.69) is 5.32 Å². The average molecular weight is 325 g/mol. The molecule has 2 aromatic carbocycles. The molecular weight excluding hydrogens is 315 g/mol. The van der Waals surface area contributed by atoms with Crippen LogP contribution in [0.3, 0.4) is 0 Å². The van der Waals surface area contributed by atoms with Crippen molar-refractivity contribution in [3.63, 3.8) is 0 Å². The van der Waals surface area contributed by atoms with Gasteiger partial charge in [-0.05, 0) is 42.5 Å². The Balaban J connectivity index is 2.17. The standard InChI is InChI=1S/C15H10F3NO4/c16-15(17,18)10-4-1-8(2-5-10)13(21)19-11-6-3-9(14(22)23)7-12(11)20/h1-7,20H,(H,19,21)(H,22,23). The van der Waals surface area contributed by atoms with Crippen molar-refractivity contribution < 1.29 is 33.0 Å². The van der Waals surface area contributed by atoms with Crippen LogP contribution in [0.5, 0.6) is 5.75 Å². The number of anilines is 1. The molecule has 0 fully saturated rings. The Labute approximate surface area is 128 Å². The number of nitrogens with one attached hydrogen (secondary N) is 1. The van der Waals surface area contributed by atoms with Gasteiger partial charge in [-0.3, -0.25) is 4.79 Å². The molecule has 23 heavy (non-hydrogen) atoms. The number of phenols is 1. The van der Waals surface area contributed by atoms with Gasteiger partial charge in [0.1, 0.15) is 5.75 Å². The summed E-state index contributed by atoms with van der Waals surface area (Å²) in [6.45, 7) is 0. The summed E-state index contributed by atoms with van der Waals surface area (Å²) in [5.41, 5.74) is -1.16. The van der Waals surface area contributed by atoms with E-state index in [1.54, 1.807) is 0 Å². The highest BCUT2D eigenvalue weighted by Crippen LogP contribution is 2.29. The van der Waals surface area contributed by atoms with E-state index in [0.29, 0.717) is 0 Å². The first kappa shape index (κ1) is 16.3. The minimum atomic E-state index is -4.50. The van der Waals surface area contributed by atoms with Crippen LogP contribution in [-0.4, -0.2) is 22.1 Å². The number of alkyl halides is 3. The number of halogens is 3. The first-order valence-corrected chi connectivity index (χ1v) is 6.23. The van der Waals surface area contributed by atoms with E-state index in [9.17, 15) is 27.9 Å². The van der Waals surface area contributed by atoms with Crippen molar-refractivity contribution in [3.05, 3.63) is 59.2 Å². The summed E-state index contributed by atoms with van der Waals surface area (Å²) in [5.74, 6) is -2.46. The predicted octanol–water partition coefficient (Wildman–Crippen LogP) is 3.36. The molecule has 0 aliphatic heterocycles. The first-order valence-electron chi connectivity index (χ1n) is 6.23. The quantitative estimate of drug-likeness (QED) is 0.755. The molecule has 0 aromatic heterocycles. The number of benzene rings is 2. The van der Waals surface area contributed by atoms with Crippen molar-refractivity contribution in [3.8, 4) is 5.75 Å². The molecule has 0 unspecified atom stereocenters. The number of carboxylic acids is 1. The lowest BCUT2D eigenvalue weighted by molar-refractivity contribution is -0.137. The number of amides is 1.